The van der Waals surface area contributed by atoms with E-state index in [9.17, 15) is 5.11 Å². The minimum absolute atomic E-state index is 0.201. The van der Waals surface area contributed by atoms with Crippen LogP contribution in [0.25, 0.3) is 11.5 Å². The summed E-state index contributed by atoms with van der Waals surface area (Å²) in [7, 11) is 0. The second kappa shape index (κ2) is 6.10. The first-order valence-corrected chi connectivity index (χ1v) is 7.39. The molecule has 19 heavy (non-hydrogen) atoms. The van der Waals surface area contributed by atoms with Gasteiger partial charge in [-0.05, 0) is 25.0 Å². The highest BCUT2D eigenvalue weighted by molar-refractivity contribution is 7.99. The third kappa shape index (κ3) is 3.29. The van der Waals surface area contributed by atoms with Crippen LogP contribution in [0.3, 0.4) is 0 Å². The Kier molecular flexibility index (Phi) is 4.47. The van der Waals surface area contributed by atoms with Gasteiger partial charge in [-0.15, -0.1) is 0 Å². The maximum atomic E-state index is 9.98. The quantitative estimate of drug-likeness (QED) is 0.901. The molecule has 2 aromatic rings. The lowest BCUT2D eigenvalue weighted by molar-refractivity contribution is 0.419. The van der Waals surface area contributed by atoms with Gasteiger partial charge in [-0.1, -0.05) is 31.1 Å². The Morgan fingerprint density at radius 1 is 1.42 bits per heavy atom. The fourth-order valence-corrected chi connectivity index (χ4v) is 2.37. The van der Waals surface area contributed by atoms with E-state index < -0.39 is 0 Å². The summed E-state index contributed by atoms with van der Waals surface area (Å²) in [6.45, 7) is 6.18. The number of phenolic OH excluding ortho intramolecular Hbond substituents is 1. The highest BCUT2D eigenvalue weighted by Crippen LogP contribution is 2.30. The largest absolute Gasteiger partial charge is 0.507 e. The first-order valence-electron chi connectivity index (χ1n) is 6.35. The zero-order valence-corrected chi connectivity index (χ0v) is 12.2. The number of aryl methyl sites for hydroxylation is 1. The van der Waals surface area contributed by atoms with Gasteiger partial charge >= 0.3 is 0 Å². The van der Waals surface area contributed by atoms with Gasteiger partial charge in [0.05, 0.1) is 11.3 Å². The Hall–Kier alpha value is -1.49. The van der Waals surface area contributed by atoms with E-state index in [0.717, 1.165) is 17.7 Å². The standard InChI is InChI=1S/C14H18N2O2S/c1-4-10(3)19-8-12-15-14(18-16-12)11-7-5-6-9(2)13(11)17/h5-7,10,17H,4,8H2,1-3H3. The summed E-state index contributed by atoms with van der Waals surface area (Å²) in [4.78, 5) is 4.33. The van der Waals surface area contributed by atoms with Gasteiger partial charge in [-0.3, -0.25) is 0 Å². The van der Waals surface area contributed by atoms with Crippen LogP contribution < -0.4 is 0 Å². The minimum atomic E-state index is 0.201. The second-order valence-electron chi connectivity index (χ2n) is 4.52. The van der Waals surface area contributed by atoms with E-state index in [1.807, 2.05) is 19.1 Å². The molecule has 1 unspecified atom stereocenters. The Morgan fingerprint density at radius 2 is 2.21 bits per heavy atom. The van der Waals surface area contributed by atoms with E-state index in [1.54, 1.807) is 17.8 Å². The van der Waals surface area contributed by atoms with Crippen LogP contribution in [0.15, 0.2) is 22.7 Å². The molecule has 1 aromatic carbocycles. The van der Waals surface area contributed by atoms with Gasteiger partial charge in [0.1, 0.15) is 5.75 Å². The summed E-state index contributed by atoms with van der Waals surface area (Å²) < 4.78 is 5.22. The molecule has 0 radical (unpaired) electrons. The fourth-order valence-electron chi connectivity index (χ4n) is 1.59. The fraction of sp³-hybridized carbons (Fsp3) is 0.429. The van der Waals surface area contributed by atoms with Crippen molar-refractivity contribution in [2.45, 2.75) is 38.2 Å². The summed E-state index contributed by atoms with van der Waals surface area (Å²) in [5.74, 6) is 1.97. The van der Waals surface area contributed by atoms with E-state index in [4.69, 9.17) is 4.52 Å². The average Bonchev–Trinajstić information content (AvgIpc) is 2.87. The molecular formula is C14H18N2O2S. The maximum Gasteiger partial charge on any atom is 0.261 e. The van der Waals surface area contributed by atoms with Gasteiger partial charge in [-0.2, -0.15) is 16.7 Å². The number of thioether (sulfide) groups is 1. The number of para-hydroxylation sites is 1. The van der Waals surface area contributed by atoms with Crippen molar-refractivity contribution in [2.24, 2.45) is 0 Å². The van der Waals surface area contributed by atoms with Crippen molar-refractivity contribution >= 4 is 11.8 Å². The predicted molar refractivity (Wildman–Crippen MR) is 77.2 cm³/mol. The number of aromatic nitrogens is 2. The SMILES string of the molecule is CCC(C)SCc1noc(-c2cccc(C)c2O)n1. The Labute approximate surface area is 117 Å². The molecule has 0 aliphatic rings. The Bertz CT molecular complexity index is 554. The molecule has 0 aliphatic carbocycles. The van der Waals surface area contributed by atoms with Crippen molar-refractivity contribution < 1.29 is 9.63 Å². The molecule has 0 saturated heterocycles. The molecule has 0 amide bonds. The summed E-state index contributed by atoms with van der Waals surface area (Å²) in [6.07, 6.45) is 1.12. The minimum Gasteiger partial charge on any atom is -0.507 e. The van der Waals surface area contributed by atoms with Crippen LogP contribution in [0.5, 0.6) is 5.75 Å². The number of rotatable bonds is 5. The van der Waals surface area contributed by atoms with Crippen LogP contribution in [-0.2, 0) is 5.75 Å². The number of phenols is 1. The number of aromatic hydroxyl groups is 1. The van der Waals surface area contributed by atoms with E-state index in [2.05, 4.69) is 24.0 Å². The normalized spacial score (nSPS) is 12.6. The molecule has 102 valence electrons. The van der Waals surface area contributed by atoms with Crippen molar-refractivity contribution in [3.8, 4) is 17.2 Å². The van der Waals surface area contributed by atoms with Crippen LogP contribution >= 0.6 is 11.8 Å². The zero-order valence-electron chi connectivity index (χ0n) is 11.4. The highest BCUT2D eigenvalue weighted by atomic mass is 32.2. The van der Waals surface area contributed by atoms with Gasteiger partial charge in [0, 0.05) is 5.25 Å². The topological polar surface area (TPSA) is 59.2 Å². The van der Waals surface area contributed by atoms with Crippen LogP contribution in [-0.4, -0.2) is 20.5 Å². The van der Waals surface area contributed by atoms with Crippen LogP contribution in [0.2, 0.25) is 0 Å². The van der Waals surface area contributed by atoms with E-state index in [1.165, 1.54) is 0 Å². The molecule has 1 aromatic heterocycles. The summed E-state index contributed by atoms with van der Waals surface area (Å²) in [5.41, 5.74) is 1.39. The molecule has 1 N–H and O–H groups in total. The number of hydrogen-bond donors (Lipinski definition) is 1. The molecular weight excluding hydrogens is 260 g/mol. The molecule has 4 nitrogen and oxygen atoms in total. The monoisotopic (exact) mass is 278 g/mol. The smallest absolute Gasteiger partial charge is 0.261 e. The van der Waals surface area contributed by atoms with Crippen LogP contribution in [0, 0.1) is 6.92 Å². The molecule has 5 heteroatoms. The third-order valence-electron chi connectivity index (χ3n) is 3.01. The Morgan fingerprint density at radius 3 is 2.95 bits per heavy atom. The highest BCUT2D eigenvalue weighted by Gasteiger charge is 2.14. The summed E-state index contributed by atoms with van der Waals surface area (Å²) >= 11 is 1.80. The molecule has 0 spiro atoms. The van der Waals surface area contributed by atoms with Gasteiger partial charge < -0.3 is 9.63 Å². The molecule has 0 saturated carbocycles. The molecule has 0 aliphatic heterocycles. The molecule has 0 fully saturated rings. The second-order valence-corrected chi connectivity index (χ2v) is 5.94. The predicted octanol–water partition coefficient (Wildman–Crippen LogP) is 3.78. The Balaban J connectivity index is 2.14. The van der Waals surface area contributed by atoms with Crippen molar-refractivity contribution in [3.63, 3.8) is 0 Å². The number of nitrogens with zero attached hydrogens (tertiary/aromatic N) is 2. The summed E-state index contributed by atoms with van der Waals surface area (Å²) in [6, 6.07) is 5.48. The van der Waals surface area contributed by atoms with Gasteiger partial charge in [-0.25, -0.2) is 0 Å². The van der Waals surface area contributed by atoms with E-state index in [0.29, 0.717) is 22.5 Å². The van der Waals surface area contributed by atoms with E-state index >= 15 is 0 Å². The van der Waals surface area contributed by atoms with Crippen molar-refractivity contribution in [2.75, 3.05) is 0 Å². The van der Waals surface area contributed by atoms with Crippen molar-refractivity contribution in [3.05, 3.63) is 29.6 Å². The average molecular weight is 278 g/mol. The zero-order chi connectivity index (χ0) is 13.8. The van der Waals surface area contributed by atoms with Crippen LogP contribution in [0.4, 0.5) is 0 Å². The first-order chi connectivity index (χ1) is 9.11. The lowest BCUT2D eigenvalue weighted by atomic mass is 10.1. The first kappa shape index (κ1) is 13.9. The van der Waals surface area contributed by atoms with Gasteiger partial charge in [0.2, 0.25) is 0 Å². The van der Waals surface area contributed by atoms with Gasteiger partial charge in [0.15, 0.2) is 5.82 Å². The summed E-state index contributed by atoms with van der Waals surface area (Å²) in [5, 5.41) is 14.5. The molecule has 0 bridgehead atoms. The van der Waals surface area contributed by atoms with Crippen LogP contribution in [0.1, 0.15) is 31.7 Å². The lowest BCUT2D eigenvalue weighted by Crippen LogP contribution is -1.94. The van der Waals surface area contributed by atoms with E-state index in [-0.39, 0.29) is 5.75 Å². The molecule has 1 heterocycles. The maximum absolute atomic E-state index is 9.98. The molecule has 2 rings (SSSR count). The third-order valence-corrected chi connectivity index (χ3v) is 4.34. The number of hydrogen-bond acceptors (Lipinski definition) is 5. The number of benzene rings is 1. The lowest BCUT2D eigenvalue weighted by Gasteiger charge is -2.04. The van der Waals surface area contributed by atoms with Gasteiger partial charge in [0.25, 0.3) is 5.89 Å². The molecule has 1 atom stereocenters. The van der Waals surface area contributed by atoms with Crippen molar-refractivity contribution in [1.29, 1.82) is 0 Å². The van der Waals surface area contributed by atoms with Crippen molar-refractivity contribution in [1.82, 2.24) is 10.1 Å².